The van der Waals surface area contributed by atoms with Crippen LogP contribution in [0, 0.1) is 28.6 Å². The van der Waals surface area contributed by atoms with Crippen LogP contribution in [0.1, 0.15) is 79.1 Å². The van der Waals surface area contributed by atoms with Crippen molar-refractivity contribution in [3.05, 3.63) is 0 Å². The molecule has 0 saturated heterocycles. The maximum atomic E-state index is 12.4. The Hall–Kier alpha value is -1.27. The van der Waals surface area contributed by atoms with E-state index in [9.17, 15) is 24.6 Å². The minimum atomic E-state index is -1.35. The second-order valence-corrected chi connectivity index (χ2v) is 10.7. The summed E-state index contributed by atoms with van der Waals surface area (Å²) in [6.45, 7) is 6.92. The summed E-state index contributed by atoms with van der Waals surface area (Å²) in [5.74, 6) is -0.142. The smallest absolute Gasteiger partial charge is 0.303 e. The van der Waals surface area contributed by atoms with Crippen LogP contribution in [0.4, 0.5) is 0 Å². The highest BCUT2D eigenvalue weighted by atomic mass is 16.6. The Kier molecular flexibility index (Phi) is 4.60. The van der Waals surface area contributed by atoms with Crippen LogP contribution in [0.25, 0.3) is 0 Å². The monoisotopic (exact) mass is 406 g/mol. The Morgan fingerprint density at radius 2 is 1.62 bits per heavy atom. The Morgan fingerprint density at radius 1 is 1.00 bits per heavy atom. The van der Waals surface area contributed by atoms with Gasteiger partial charge in [-0.05, 0) is 63.2 Å². The Labute approximate surface area is 172 Å². The summed E-state index contributed by atoms with van der Waals surface area (Å²) in [5, 5.41) is 23.0. The molecular weight excluding hydrogens is 372 g/mol. The van der Waals surface area contributed by atoms with Crippen molar-refractivity contribution >= 4 is 17.5 Å². The molecule has 4 aliphatic carbocycles. The molecule has 4 rings (SSSR count). The van der Waals surface area contributed by atoms with Gasteiger partial charge in [-0.3, -0.25) is 14.4 Å². The number of ketones is 2. The van der Waals surface area contributed by atoms with Gasteiger partial charge in [-0.15, -0.1) is 0 Å². The molecule has 6 nitrogen and oxygen atoms in total. The van der Waals surface area contributed by atoms with Crippen LogP contribution in [0.2, 0.25) is 0 Å². The van der Waals surface area contributed by atoms with Crippen molar-refractivity contribution in [2.75, 3.05) is 0 Å². The van der Waals surface area contributed by atoms with Crippen molar-refractivity contribution < 1.29 is 29.3 Å². The fraction of sp³-hybridized carbons (Fsp3) is 0.870. The molecule has 4 aliphatic rings. The molecule has 0 heterocycles. The first kappa shape index (κ1) is 21.0. The molecule has 0 aromatic heterocycles. The van der Waals surface area contributed by atoms with Crippen LogP contribution in [-0.2, 0) is 19.1 Å². The third-order valence-electron chi connectivity index (χ3n) is 9.70. The third kappa shape index (κ3) is 2.57. The molecule has 0 aliphatic heterocycles. The topological polar surface area (TPSA) is 101 Å². The number of ether oxygens (including phenoxy) is 1. The zero-order valence-corrected chi connectivity index (χ0v) is 18.0. The lowest BCUT2D eigenvalue weighted by Crippen LogP contribution is -2.69. The summed E-state index contributed by atoms with van der Waals surface area (Å²) >= 11 is 0. The summed E-state index contributed by atoms with van der Waals surface area (Å²) in [5.41, 5.74) is -3.69. The molecular formula is C23H34O6. The highest BCUT2D eigenvalue weighted by Gasteiger charge is 2.71. The van der Waals surface area contributed by atoms with Crippen LogP contribution in [-0.4, -0.2) is 45.1 Å². The number of esters is 1. The van der Waals surface area contributed by atoms with Gasteiger partial charge >= 0.3 is 5.97 Å². The van der Waals surface area contributed by atoms with Crippen LogP contribution < -0.4 is 0 Å². The number of rotatable bonds is 2. The first-order chi connectivity index (χ1) is 13.4. The molecule has 2 N–H and O–H groups in total. The number of aliphatic hydroxyl groups is 2. The lowest BCUT2D eigenvalue weighted by atomic mass is 9.42. The normalized spacial score (nSPS) is 51.6. The van der Waals surface area contributed by atoms with E-state index in [4.69, 9.17) is 4.74 Å². The number of carbonyl (C=O) groups is 3. The van der Waals surface area contributed by atoms with Crippen molar-refractivity contribution in [2.24, 2.45) is 28.6 Å². The molecule has 0 bridgehead atoms. The van der Waals surface area contributed by atoms with Crippen molar-refractivity contribution in [2.45, 2.75) is 96.4 Å². The number of carbonyl (C=O) groups excluding carboxylic acids is 3. The van der Waals surface area contributed by atoms with E-state index >= 15 is 0 Å². The Morgan fingerprint density at radius 3 is 2.24 bits per heavy atom. The fourth-order valence-corrected chi connectivity index (χ4v) is 7.98. The minimum Gasteiger partial charge on any atom is -0.459 e. The predicted molar refractivity (Wildman–Crippen MR) is 105 cm³/mol. The van der Waals surface area contributed by atoms with E-state index in [-0.39, 0.29) is 35.7 Å². The van der Waals surface area contributed by atoms with E-state index in [1.54, 1.807) is 0 Å². The third-order valence-corrected chi connectivity index (χ3v) is 9.70. The largest absolute Gasteiger partial charge is 0.459 e. The molecule has 0 radical (unpaired) electrons. The van der Waals surface area contributed by atoms with Gasteiger partial charge in [-0.1, -0.05) is 13.8 Å². The summed E-state index contributed by atoms with van der Waals surface area (Å²) in [6, 6.07) is 0. The zero-order valence-electron chi connectivity index (χ0n) is 18.0. The van der Waals surface area contributed by atoms with E-state index in [0.717, 1.165) is 19.3 Å². The highest BCUT2D eigenvalue weighted by molar-refractivity contribution is 5.86. The number of hydrogen-bond acceptors (Lipinski definition) is 6. The molecule has 162 valence electrons. The first-order valence-electron chi connectivity index (χ1n) is 11.0. The van der Waals surface area contributed by atoms with Crippen molar-refractivity contribution in [1.82, 2.24) is 0 Å². The summed E-state index contributed by atoms with van der Waals surface area (Å²) in [4.78, 5) is 36.5. The first-order valence-corrected chi connectivity index (χ1v) is 11.0. The number of Topliss-reactive ketones (excluding diaryl/α,β-unsaturated/α-hetero) is 2. The maximum absolute atomic E-state index is 12.4. The van der Waals surface area contributed by atoms with Gasteiger partial charge in [-0.25, -0.2) is 0 Å². The van der Waals surface area contributed by atoms with Crippen LogP contribution >= 0.6 is 0 Å². The molecule has 0 unspecified atom stereocenters. The van der Waals surface area contributed by atoms with E-state index in [1.165, 1.54) is 13.8 Å². The molecule has 0 spiro atoms. The molecule has 0 aromatic carbocycles. The quantitative estimate of drug-likeness (QED) is 0.684. The van der Waals surface area contributed by atoms with Crippen LogP contribution in [0.5, 0.6) is 0 Å². The fourth-order valence-electron chi connectivity index (χ4n) is 7.98. The summed E-state index contributed by atoms with van der Waals surface area (Å²) in [6.07, 6.45) is 3.56. The zero-order chi connectivity index (χ0) is 21.4. The standard InChI is InChI=1S/C23H34O6/c1-13(24)22(27)10-7-18-16-11-19(29-14(2)25)23(28)12-15(26)5-8-21(23,4)17(16)6-9-20(18,22)3/h16-19,27-28H,5-12H2,1-4H3/t16-,17-,18-,19+,20+,21+,22-,23-/m0/s1. The van der Waals surface area contributed by atoms with Gasteiger partial charge in [0.1, 0.15) is 23.1 Å². The molecule has 6 heteroatoms. The average molecular weight is 407 g/mol. The number of hydrogen-bond donors (Lipinski definition) is 2. The number of fused-ring (bicyclic) bond motifs is 5. The van der Waals surface area contributed by atoms with E-state index < -0.39 is 34.1 Å². The van der Waals surface area contributed by atoms with Gasteiger partial charge in [0.05, 0.1) is 0 Å². The van der Waals surface area contributed by atoms with Gasteiger partial charge in [0, 0.05) is 30.6 Å². The molecule has 0 amide bonds. The van der Waals surface area contributed by atoms with Crippen molar-refractivity contribution in [3.8, 4) is 0 Å². The van der Waals surface area contributed by atoms with Crippen molar-refractivity contribution in [3.63, 3.8) is 0 Å². The lowest BCUT2D eigenvalue weighted by molar-refractivity contribution is -0.258. The van der Waals surface area contributed by atoms with E-state index in [0.29, 0.717) is 25.7 Å². The predicted octanol–water partition coefficient (Wildman–Crippen LogP) is 2.57. The second kappa shape index (κ2) is 6.36. The van der Waals surface area contributed by atoms with Gasteiger partial charge in [0.25, 0.3) is 0 Å². The van der Waals surface area contributed by atoms with Gasteiger partial charge < -0.3 is 14.9 Å². The molecule has 0 aromatic rings. The molecule has 29 heavy (non-hydrogen) atoms. The highest BCUT2D eigenvalue weighted by Crippen LogP contribution is 2.69. The Balaban J connectivity index is 1.76. The van der Waals surface area contributed by atoms with Crippen LogP contribution in [0.15, 0.2) is 0 Å². The molecule has 8 atom stereocenters. The van der Waals surface area contributed by atoms with Gasteiger partial charge in [-0.2, -0.15) is 0 Å². The van der Waals surface area contributed by atoms with Crippen LogP contribution in [0.3, 0.4) is 0 Å². The molecule has 4 saturated carbocycles. The minimum absolute atomic E-state index is 0.0213. The summed E-state index contributed by atoms with van der Waals surface area (Å²) < 4.78 is 5.64. The van der Waals surface area contributed by atoms with Crippen molar-refractivity contribution in [1.29, 1.82) is 0 Å². The van der Waals surface area contributed by atoms with Gasteiger partial charge in [0.2, 0.25) is 0 Å². The second-order valence-electron chi connectivity index (χ2n) is 10.7. The Bertz CT molecular complexity index is 762. The molecule has 4 fully saturated rings. The average Bonchev–Trinajstić information content (AvgIpc) is 2.90. The SMILES string of the molecule is CC(=O)O[C@@H]1C[C@@H]2[C@@H]3CC[C@](O)(C(C)=O)[C@]3(C)CC[C@@H]2[C@@]2(C)CCC(=O)C[C@]12O. The summed E-state index contributed by atoms with van der Waals surface area (Å²) in [7, 11) is 0. The van der Waals surface area contributed by atoms with Gasteiger partial charge in [0.15, 0.2) is 5.78 Å². The lowest BCUT2D eigenvalue weighted by Gasteiger charge is -2.65. The maximum Gasteiger partial charge on any atom is 0.303 e. The van der Waals surface area contributed by atoms with E-state index in [2.05, 4.69) is 6.92 Å². The van der Waals surface area contributed by atoms with E-state index in [1.807, 2.05) is 6.92 Å².